The van der Waals surface area contributed by atoms with Crippen LogP contribution in [-0.4, -0.2) is 34.6 Å². The van der Waals surface area contributed by atoms with Crippen molar-refractivity contribution in [2.45, 2.75) is 13.1 Å². The molecule has 2 rings (SSSR count). The van der Waals surface area contributed by atoms with Crippen molar-refractivity contribution in [1.29, 1.82) is 0 Å². The number of hydrogen-bond donors (Lipinski definition) is 1. The third kappa shape index (κ3) is 2.57. The summed E-state index contributed by atoms with van der Waals surface area (Å²) in [4.78, 5) is 25.5. The van der Waals surface area contributed by atoms with Gasteiger partial charge in [0, 0.05) is 15.2 Å². The number of halogens is 1. The Morgan fingerprint density at radius 2 is 2.05 bits per heavy atom. The van der Waals surface area contributed by atoms with Gasteiger partial charge in [0.05, 0.1) is 11.7 Å². The standard InChI is InChI=1S/C14H15IN2O3/c1-8(16(2)3)17-7-11(14(19)20)13(18)10-6-9(15)4-5-12(10)17/h4-8H,1-3H3,(H,19,20). The van der Waals surface area contributed by atoms with Crippen LogP contribution in [0.4, 0.5) is 0 Å². The van der Waals surface area contributed by atoms with Gasteiger partial charge in [-0.15, -0.1) is 0 Å². The van der Waals surface area contributed by atoms with Gasteiger partial charge in [0.2, 0.25) is 5.43 Å². The zero-order valence-corrected chi connectivity index (χ0v) is 13.6. The molecular weight excluding hydrogens is 371 g/mol. The molecule has 0 fully saturated rings. The first-order chi connectivity index (χ1) is 9.32. The minimum absolute atomic E-state index is 0.0590. The fourth-order valence-electron chi connectivity index (χ4n) is 2.04. The Hall–Kier alpha value is -1.41. The highest BCUT2D eigenvalue weighted by Gasteiger charge is 2.17. The van der Waals surface area contributed by atoms with Gasteiger partial charge in [-0.05, 0) is 61.8 Å². The molecule has 0 aliphatic carbocycles. The lowest BCUT2D eigenvalue weighted by molar-refractivity contribution is 0.0694. The van der Waals surface area contributed by atoms with Gasteiger partial charge in [0.1, 0.15) is 5.56 Å². The van der Waals surface area contributed by atoms with Gasteiger partial charge in [-0.2, -0.15) is 0 Å². The van der Waals surface area contributed by atoms with Crippen LogP contribution in [0.3, 0.4) is 0 Å². The number of hydrogen-bond acceptors (Lipinski definition) is 3. The summed E-state index contributed by atoms with van der Waals surface area (Å²) in [5, 5.41) is 9.65. The number of fused-ring (bicyclic) bond motifs is 1. The molecule has 2 aromatic rings. The lowest BCUT2D eigenvalue weighted by Gasteiger charge is -2.25. The van der Waals surface area contributed by atoms with Gasteiger partial charge in [0.15, 0.2) is 0 Å². The molecule has 1 aromatic heterocycles. The summed E-state index contributed by atoms with van der Waals surface area (Å²) in [7, 11) is 3.81. The number of nitrogens with zero attached hydrogens (tertiary/aromatic N) is 2. The predicted molar refractivity (Wildman–Crippen MR) is 86.3 cm³/mol. The maximum atomic E-state index is 12.3. The molecule has 20 heavy (non-hydrogen) atoms. The number of carboxylic acid groups (broad SMARTS) is 1. The monoisotopic (exact) mass is 386 g/mol. The largest absolute Gasteiger partial charge is 0.477 e. The van der Waals surface area contributed by atoms with Gasteiger partial charge < -0.3 is 9.67 Å². The van der Waals surface area contributed by atoms with Crippen molar-refractivity contribution in [2.75, 3.05) is 14.1 Å². The summed E-state index contributed by atoms with van der Waals surface area (Å²) in [6.45, 7) is 1.95. The highest BCUT2D eigenvalue weighted by molar-refractivity contribution is 14.1. The third-order valence-corrected chi connectivity index (χ3v) is 4.05. The van der Waals surface area contributed by atoms with Crippen LogP contribution in [0.1, 0.15) is 23.4 Å². The molecule has 1 N–H and O–H groups in total. The first-order valence-electron chi connectivity index (χ1n) is 6.07. The van der Waals surface area contributed by atoms with Gasteiger partial charge in [-0.1, -0.05) is 0 Å². The lowest BCUT2D eigenvalue weighted by Crippen LogP contribution is -2.27. The molecule has 0 amide bonds. The van der Waals surface area contributed by atoms with E-state index in [4.69, 9.17) is 0 Å². The Morgan fingerprint density at radius 1 is 1.40 bits per heavy atom. The fourth-order valence-corrected chi connectivity index (χ4v) is 2.53. The molecule has 0 spiro atoms. The van der Waals surface area contributed by atoms with Crippen molar-refractivity contribution >= 4 is 39.5 Å². The number of rotatable bonds is 3. The molecule has 106 valence electrons. The predicted octanol–water partition coefficient (Wildman–Crippen LogP) is 2.38. The molecule has 0 aliphatic rings. The van der Waals surface area contributed by atoms with Crippen molar-refractivity contribution in [3.05, 3.63) is 43.8 Å². The van der Waals surface area contributed by atoms with E-state index >= 15 is 0 Å². The highest BCUT2D eigenvalue weighted by atomic mass is 127. The second kappa shape index (κ2) is 5.53. The Kier molecular flexibility index (Phi) is 4.14. The molecule has 5 nitrogen and oxygen atoms in total. The number of pyridine rings is 1. The van der Waals surface area contributed by atoms with E-state index in [0.29, 0.717) is 5.39 Å². The Labute approximate surface area is 130 Å². The minimum atomic E-state index is -1.20. The lowest BCUT2D eigenvalue weighted by atomic mass is 10.1. The molecule has 1 atom stereocenters. The van der Waals surface area contributed by atoms with E-state index < -0.39 is 11.4 Å². The zero-order valence-electron chi connectivity index (χ0n) is 11.4. The number of carbonyl (C=O) groups is 1. The molecule has 1 heterocycles. The van der Waals surface area contributed by atoms with Crippen LogP contribution in [0, 0.1) is 3.57 Å². The number of aromatic nitrogens is 1. The van der Waals surface area contributed by atoms with Crippen LogP contribution in [0.5, 0.6) is 0 Å². The first kappa shape index (κ1) is 15.0. The van der Waals surface area contributed by atoms with Crippen LogP contribution < -0.4 is 5.43 Å². The van der Waals surface area contributed by atoms with Crippen LogP contribution in [0.2, 0.25) is 0 Å². The molecule has 0 saturated carbocycles. The van der Waals surface area contributed by atoms with Gasteiger partial charge >= 0.3 is 5.97 Å². The van der Waals surface area contributed by atoms with Gasteiger partial charge in [0.25, 0.3) is 0 Å². The van der Waals surface area contributed by atoms with E-state index in [9.17, 15) is 14.7 Å². The average Bonchev–Trinajstić information content (AvgIpc) is 2.38. The molecule has 0 aliphatic heterocycles. The van der Waals surface area contributed by atoms with E-state index in [1.54, 1.807) is 6.07 Å². The SMILES string of the molecule is CC(N(C)C)n1cc(C(=O)O)c(=O)c2cc(I)ccc21. The van der Waals surface area contributed by atoms with Crippen LogP contribution in [0.25, 0.3) is 10.9 Å². The summed E-state index contributed by atoms with van der Waals surface area (Å²) in [5.74, 6) is -1.20. The molecule has 1 aromatic carbocycles. The van der Waals surface area contributed by atoms with Crippen LogP contribution in [-0.2, 0) is 0 Å². The van der Waals surface area contributed by atoms with Crippen molar-refractivity contribution in [2.24, 2.45) is 0 Å². The van der Waals surface area contributed by atoms with Crippen LogP contribution >= 0.6 is 22.6 Å². The maximum absolute atomic E-state index is 12.3. The zero-order chi connectivity index (χ0) is 15.0. The van der Waals surface area contributed by atoms with Crippen molar-refractivity contribution in [1.82, 2.24) is 9.47 Å². The molecule has 1 unspecified atom stereocenters. The fraction of sp³-hybridized carbons (Fsp3) is 0.286. The second-order valence-corrected chi connectivity index (χ2v) is 6.09. The van der Waals surface area contributed by atoms with Gasteiger partial charge in [-0.3, -0.25) is 9.69 Å². The molecule has 0 radical (unpaired) electrons. The number of carboxylic acids is 1. The van der Waals surface area contributed by atoms with Crippen molar-refractivity contribution in [3.63, 3.8) is 0 Å². The smallest absolute Gasteiger partial charge is 0.341 e. The summed E-state index contributed by atoms with van der Waals surface area (Å²) in [5.41, 5.74) is 0.100. The minimum Gasteiger partial charge on any atom is -0.477 e. The quantitative estimate of drug-likeness (QED) is 0.823. The Balaban J connectivity index is 2.90. The Morgan fingerprint density at radius 3 is 2.60 bits per heavy atom. The summed E-state index contributed by atoms with van der Waals surface area (Å²) in [6.07, 6.45) is 1.36. The average molecular weight is 386 g/mol. The summed E-state index contributed by atoms with van der Waals surface area (Å²) < 4.78 is 2.72. The van der Waals surface area contributed by atoms with E-state index in [1.165, 1.54) is 6.20 Å². The van der Waals surface area contributed by atoms with E-state index in [0.717, 1.165) is 9.09 Å². The van der Waals surface area contributed by atoms with Crippen molar-refractivity contribution in [3.8, 4) is 0 Å². The second-order valence-electron chi connectivity index (χ2n) is 4.84. The third-order valence-electron chi connectivity index (χ3n) is 3.37. The molecule has 0 bridgehead atoms. The maximum Gasteiger partial charge on any atom is 0.341 e. The Bertz CT molecular complexity index is 737. The van der Waals surface area contributed by atoms with Gasteiger partial charge in [-0.25, -0.2) is 4.79 Å². The number of benzene rings is 1. The highest BCUT2D eigenvalue weighted by Crippen LogP contribution is 2.20. The summed E-state index contributed by atoms with van der Waals surface area (Å²) >= 11 is 2.11. The first-order valence-corrected chi connectivity index (χ1v) is 7.15. The molecule has 0 saturated heterocycles. The number of aromatic carboxylic acids is 1. The molecular formula is C14H15IN2O3. The normalized spacial score (nSPS) is 12.8. The topological polar surface area (TPSA) is 62.5 Å². The molecule has 6 heteroatoms. The van der Waals surface area contributed by atoms with Crippen LogP contribution in [0.15, 0.2) is 29.2 Å². The van der Waals surface area contributed by atoms with E-state index in [2.05, 4.69) is 22.6 Å². The van der Waals surface area contributed by atoms with Crippen molar-refractivity contribution < 1.29 is 9.90 Å². The van der Waals surface area contributed by atoms with E-state index in [-0.39, 0.29) is 11.7 Å². The van der Waals surface area contributed by atoms with E-state index in [1.807, 2.05) is 42.6 Å². The summed E-state index contributed by atoms with van der Waals surface area (Å²) in [6, 6.07) is 5.48.